The molecule has 4 aromatic carbocycles. The van der Waals surface area contributed by atoms with Gasteiger partial charge in [0.1, 0.15) is 19.3 Å². The van der Waals surface area contributed by atoms with Crippen LogP contribution in [0.3, 0.4) is 0 Å². The SMILES string of the molecule is O=C(C[C@H]1CC=CCC[C@H](NC(=O)OCC2c3ccccc3-c3ccccc32)C(=O)OC[C@@H](c2ccccc2)NC1=O)N[C@H](CO)Cc1ccccc1. The smallest absolute Gasteiger partial charge is 0.407 e. The van der Waals surface area contributed by atoms with Gasteiger partial charge in [-0.2, -0.15) is 0 Å². The summed E-state index contributed by atoms with van der Waals surface area (Å²) >= 11 is 0. The number of carbonyl (C=O) groups is 4. The molecule has 2 aliphatic rings. The zero-order valence-corrected chi connectivity index (χ0v) is 29.5. The van der Waals surface area contributed by atoms with Crippen LogP contribution in [0.15, 0.2) is 121 Å². The number of allylic oxidation sites excluding steroid dienone is 2. The average Bonchev–Trinajstić information content (AvgIpc) is 3.51. The van der Waals surface area contributed by atoms with E-state index in [1.165, 1.54) is 0 Å². The highest BCUT2D eigenvalue weighted by Gasteiger charge is 2.31. The van der Waals surface area contributed by atoms with E-state index in [1.54, 1.807) is 0 Å². The minimum Gasteiger partial charge on any atom is -0.462 e. The third-order valence-corrected chi connectivity index (χ3v) is 9.75. The Hall–Kier alpha value is -5.74. The zero-order valence-electron chi connectivity index (χ0n) is 29.5. The van der Waals surface area contributed by atoms with E-state index in [2.05, 4.69) is 28.1 Å². The lowest BCUT2D eigenvalue weighted by atomic mass is 9.97. The predicted octanol–water partition coefficient (Wildman–Crippen LogP) is 5.76. The molecule has 0 spiro atoms. The fourth-order valence-corrected chi connectivity index (χ4v) is 6.99. The zero-order chi connectivity index (χ0) is 37.0. The molecule has 1 aliphatic heterocycles. The summed E-state index contributed by atoms with van der Waals surface area (Å²) in [6.45, 7) is -0.332. The molecule has 4 N–H and O–H groups in total. The molecule has 0 bridgehead atoms. The Kier molecular flexibility index (Phi) is 12.7. The van der Waals surface area contributed by atoms with Crippen molar-refractivity contribution in [3.8, 4) is 11.1 Å². The molecule has 4 aromatic rings. The fourth-order valence-electron chi connectivity index (χ4n) is 6.99. The number of hydrogen-bond acceptors (Lipinski definition) is 7. The quantitative estimate of drug-likeness (QED) is 0.121. The molecule has 10 heteroatoms. The Bertz CT molecular complexity index is 1850. The second kappa shape index (κ2) is 18.1. The molecule has 1 heterocycles. The van der Waals surface area contributed by atoms with E-state index in [4.69, 9.17) is 9.47 Å². The van der Waals surface area contributed by atoms with E-state index in [-0.39, 0.29) is 56.8 Å². The Morgan fingerprint density at radius 1 is 0.849 bits per heavy atom. The van der Waals surface area contributed by atoms with Crippen LogP contribution < -0.4 is 16.0 Å². The van der Waals surface area contributed by atoms with Crippen LogP contribution >= 0.6 is 0 Å². The Labute approximate surface area is 309 Å². The summed E-state index contributed by atoms with van der Waals surface area (Å²) in [7, 11) is 0. The molecular formula is C43H45N3O7. The minimum absolute atomic E-state index is 0.101. The molecule has 0 saturated heterocycles. The van der Waals surface area contributed by atoms with Crippen molar-refractivity contribution in [1.82, 2.24) is 16.0 Å². The average molecular weight is 716 g/mol. The lowest BCUT2D eigenvalue weighted by molar-refractivity contribution is -0.147. The number of hydrogen-bond donors (Lipinski definition) is 4. The molecular weight excluding hydrogens is 670 g/mol. The summed E-state index contributed by atoms with van der Waals surface area (Å²) < 4.78 is 11.5. The molecule has 3 amide bonds. The van der Waals surface area contributed by atoms with Gasteiger partial charge in [0.25, 0.3) is 0 Å². The van der Waals surface area contributed by atoms with Crippen molar-refractivity contribution in [3.63, 3.8) is 0 Å². The molecule has 6 rings (SSSR count). The topological polar surface area (TPSA) is 143 Å². The molecule has 0 aromatic heterocycles. The number of aliphatic hydroxyl groups excluding tert-OH is 1. The number of alkyl carbamates (subject to hydrolysis) is 1. The highest BCUT2D eigenvalue weighted by atomic mass is 16.6. The number of ether oxygens (including phenoxy) is 2. The molecule has 0 fully saturated rings. The highest BCUT2D eigenvalue weighted by molar-refractivity contribution is 5.86. The van der Waals surface area contributed by atoms with Crippen molar-refractivity contribution >= 4 is 23.9 Å². The van der Waals surface area contributed by atoms with E-state index in [0.717, 1.165) is 27.8 Å². The summed E-state index contributed by atoms with van der Waals surface area (Å²) in [5, 5.41) is 18.5. The molecule has 0 radical (unpaired) electrons. The third kappa shape index (κ3) is 9.78. The van der Waals surface area contributed by atoms with Crippen molar-refractivity contribution in [2.24, 2.45) is 5.92 Å². The molecule has 1 aliphatic carbocycles. The number of rotatable bonds is 10. The van der Waals surface area contributed by atoms with E-state index >= 15 is 0 Å². The maximum Gasteiger partial charge on any atom is 0.407 e. The van der Waals surface area contributed by atoms with Gasteiger partial charge >= 0.3 is 12.1 Å². The normalized spacial score (nSPS) is 19.5. The monoisotopic (exact) mass is 715 g/mol. The summed E-state index contributed by atoms with van der Waals surface area (Å²) in [6, 6.07) is 32.6. The summed E-state index contributed by atoms with van der Waals surface area (Å²) in [5.41, 5.74) is 6.08. The number of benzene rings is 4. The first-order chi connectivity index (χ1) is 25.9. The summed E-state index contributed by atoms with van der Waals surface area (Å²) in [5.74, 6) is -2.23. The Morgan fingerprint density at radius 3 is 2.17 bits per heavy atom. The summed E-state index contributed by atoms with van der Waals surface area (Å²) in [6.07, 6.45) is 4.17. The highest BCUT2D eigenvalue weighted by Crippen LogP contribution is 2.44. The largest absolute Gasteiger partial charge is 0.462 e. The second-order valence-corrected chi connectivity index (χ2v) is 13.4. The lowest BCUT2D eigenvalue weighted by Crippen LogP contribution is -2.44. The molecule has 53 heavy (non-hydrogen) atoms. The minimum atomic E-state index is -0.996. The number of fused-ring (bicyclic) bond motifs is 3. The number of esters is 1. The first-order valence-corrected chi connectivity index (χ1v) is 18.1. The van der Waals surface area contributed by atoms with Gasteiger partial charge < -0.3 is 30.5 Å². The van der Waals surface area contributed by atoms with Crippen molar-refractivity contribution < 1.29 is 33.8 Å². The van der Waals surface area contributed by atoms with Gasteiger partial charge in [0, 0.05) is 12.3 Å². The van der Waals surface area contributed by atoms with Gasteiger partial charge in [-0.25, -0.2) is 9.59 Å². The Balaban J connectivity index is 1.11. The van der Waals surface area contributed by atoms with E-state index in [1.807, 2.05) is 109 Å². The van der Waals surface area contributed by atoms with Gasteiger partial charge in [-0.15, -0.1) is 0 Å². The van der Waals surface area contributed by atoms with Crippen LogP contribution in [0.5, 0.6) is 0 Å². The van der Waals surface area contributed by atoms with Crippen molar-refractivity contribution in [1.29, 1.82) is 0 Å². The van der Waals surface area contributed by atoms with E-state index in [0.29, 0.717) is 18.4 Å². The van der Waals surface area contributed by atoms with Crippen LogP contribution in [0, 0.1) is 5.92 Å². The summed E-state index contributed by atoms with van der Waals surface area (Å²) in [4.78, 5) is 53.6. The number of cyclic esters (lactones) is 1. The first kappa shape index (κ1) is 37.0. The first-order valence-electron chi connectivity index (χ1n) is 18.1. The lowest BCUT2D eigenvalue weighted by Gasteiger charge is -2.24. The van der Waals surface area contributed by atoms with Crippen molar-refractivity contribution in [2.75, 3.05) is 19.8 Å². The van der Waals surface area contributed by atoms with Crippen LogP contribution in [0.2, 0.25) is 0 Å². The molecule has 0 saturated carbocycles. The molecule has 274 valence electrons. The van der Waals surface area contributed by atoms with Crippen LogP contribution in [0.4, 0.5) is 4.79 Å². The molecule has 10 nitrogen and oxygen atoms in total. The number of carbonyl (C=O) groups excluding carboxylic acids is 4. The van der Waals surface area contributed by atoms with Crippen molar-refractivity contribution in [2.45, 2.75) is 56.1 Å². The van der Waals surface area contributed by atoms with Crippen molar-refractivity contribution in [3.05, 3.63) is 144 Å². The number of nitrogens with one attached hydrogen (secondary N) is 3. The Morgan fingerprint density at radius 2 is 1.49 bits per heavy atom. The van der Waals surface area contributed by atoms with Gasteiger partial charge in [-0.1, -0.05) is 121 Å². The van der Waals surface area contributed by atoms with Gasteiger partial charge in [0.15, 0.2) is 0 Å². The van der Waals surface area contributed by atoms with Gasteiger partial charge in [-0.05, 0) is 59.1 Å². The van der Waals surface area contributed by atoms with Gasteiger partial charge in [-0.3, -0.25) is 9.59 Å². The molecule has 4 atom stereocenters. The van der Waals surface area contributed by atoms with Crippen LogP contribution in [-0.2, 0) is 30.3 Å². The second-order valence-electron chi connectivity index (χ2n) is 13.4. The van der Waals surface area contributed by atoms with Crippen LogP contribution in [-0.4, -0.2) is 60.9 Å². The van der Waals surface area contributed by atoms with Gasteiger partial charge in [0.05, 0.1) is 24.6 Å². The standard InChI is InChI=1S/C43H45N3O7/c47-26-32(24-29-14-4-1-5-15-29)44-40(48)25-31-18-8-3-9-23-38(42(50)52-28-39(45-41(31)49)30-16-6-2-7-17-30)46-43(51)53-27-37-35-21-12-10-19-33(35)34-20-11-13-22-36(34)37/h1-8,10-17,19-22,31-32,37-39,47H,9,18,23-28H2,(H,44,48)(H,45,49)(H,46,51)/t31-,32+,38+,39+/m1/s1. The third-order valence-electron chi connectivity index (χ3n) is 9.75. The number of aliphatic hydroxyl groups is 1. The van der Waals surface area contributed by atoms with E-state index < -0.39 is 36.1 Å². The predicted molar refractivity (Wildman–Crippen MR) is 201 cm³/mol. The maximum absolute atomic E-state index is 13.7. The van der Waals surface area contributed by atoms with Crippen LogP contribution in [0.1, 0.15) is 59.9 Å². The fraction of sp³-hybridized carbons (Fsp3) is 0.302. The number of amides is 3. The molecule has 0 unspecified atom stereocenters. The van der Waals surface area contributed by atoms with Gasteiger partial charge in [0.2, 0.25) is 11.8 Å². The van der Waals surface area contributed by atoms with Crippen LogP contribution in [0.25, 0.3) is 11.1 Å². The van der Waals surface area contributed by atoms with E-state index in [9.17, 15) is 24.3 Å². The maximum atomic E-state index is 13.7.